The predicted octanol–water partition coefficient (Wildman–Crippen LogP) is 4.11. The van der Waals surface area contributed by atoms with Crippen molar-refractivity contribution in [3.05, 3.63) is 54.1 Å². The van der Waals surface area contributed by atoms with Gasteiger partial charge in [0, 0.05) is 26.3 Å². The summed E-state index contributed by atoms with van der Waals surface area (Å²) in [6.45, 7) is 5.18. The lowest BCUT2D eigenvalue weighted by atomic mass is 10.0. The molecule has 6 nitrogen and oxygen atoms in total. The highest BCUT2D eigenvalue weighted by Gasteiger charge is 2.24. The van der Waals surface area contributed by atoms with Gasteiger partial charge in [-0.3, -0.25) is 4.90 Å². The van der Waals surface area contributed by atoms with Gasteiger partial charge >= 0.3 is 6.03 Å². The Balaban J connectivity index is 1.66. The van der Waals surface area contributed by atoms with Gasteiger partial charge in [0.25, 0.3) is 0 Å². The maximum absolute atomic E-state index is 12.6. The number of benzene rings is 2. The lowest BCUT2D eigenvalue weighted by molar-refractivity contribution is 0.227. The molecule has 156 valence electrons. The lowest BCUT2D eigenvalue weighted by Gasteiger charge is -2.28. The smallest absolute Gasteiger partial charge is 0.319 e. The Bertz CT molecular complexity index is 786. The van der Waals surface area contributed by atoms with E-state index in [0.29, 0.717) is 24.6 Å². The van der Waals surface area contributed by atoms with Crippen LogP contribution in [0.5, 0.6) is 5.75 Å². The van der Waals surface area contributed by atoms with Crippen molar-refractivity contribution in [2.24, 2.45) is 0 Å². The Morgan fingerprint density at radius 3 is 2.45 bits per heavy atom. The van der Waals surface area contributed by atoms with Crippen LogP contribution in [-0.4, -0.2) is 51.3 Å². The maximum Gasteiger partial charge on any atom is 0.319 e. The molecule has 1 fully saturated rings. The molecule has 2 aromatic rings. The molecule has 1 saturated heterocycles. The summed E-state index contributed by atoms with van der Waals surface area (Å²) < 4.78 is 5.59. The van der Waals surface area contributed by atoms with Crippen LogP contribution in [0, 0.1) is 0 Å². The minimum atomic E-state index is -0.216. The molecule has 0 saturated carbocycles. The molecule has 0 bridgehead atoms. The number of carbonyl (C=O) groups is 1. The molecule has 2 amide bonds. The highest BCUT2D eigenvalue weighted by Crippen LogP contribution is 2.27. The quantitative estimate of drug-likeness (QED) is 0.705. The van der Waals surface area contributed by atoms with E-state index in [1.54, 1.807) is 0 Å². The van der Waals surface area contributed by atoms with Crippen molar-refractivity contribution in [3.8, 4) is 5.75 Å². The van der Waals surface area contributed by atoms with Crippen LogP contribution in [0.15, 0.2) is 48.5 Å². The molecule has 1 atom stereocenters. The molecule has 1 aliphatic heterocycles. The number of hydrogen-bond acceptors (Lipinski definition) is 4. The summed E-state index contributed by atoms with van der Waals surface area (Å²) in [5, 5.41) is 5.97. The Morgan fingerprint density at radius 1 is 1.10 bits per heavy atom. The maximum atomic E-state index is 12.6. The summed E-state index contributed by atoms with van der Waals surface area (Å²) >= 11 is 0. The minimum Gasteiger partial charge on any atom is -0.492 e. The number of urea groups is 1. The highest BCUT2D eigenvalue weighted by atomic mass is 16.5. The van der Waals surface area contributed by atoms with Crippen molar-refractivity contribution < 1.29 is 9.53 Å². The van der Waals surface area contributed by atoms with Gasteiger partial charge in [-0.05, 0) is 62.7 Å². The number of amides is 2. The fraction of sp³-hybridized carbons (Fsp3) is 0.435. The van der Waals surface area contributed by atoms with Gasteiger partial charge in [0.15, 0.2) is 0 Å². The van der Waals surface area contributed by atoms with E-state index in [1.807, 2.05) is 45.3 Å². The van der Waals surface area contributed by atoms with Gasteiger partial charge in [0.2, 0.25) is 0 Å². The van der Waals surface area contributed by atoms with E-state index in [0.717, 1.165) is 13.1 Å². The van der Waals surface area contributed by atoms with E-state index in [2.05, 4.69) is 44.7 Å². The second-order valence-corrected chi connectivity index (χ2v) is 7.51. The molecule has 1 heterocycles. The second kappa shape index (κ2) is 10.2. The van der Waals surface area contributed by atoms with E-state index >= 15 is 0 Å². The summed E-state index contributed by atoms with van der Waals surface area (Å²) in [6, 6.07) is 16.1. The first-order valence-electron chi connectivity index (χ1n) is 10.4. The summed E-state index contributed by atoms with van der Waals surface area (Å²) in [5.74, 6) is 0.681. The summed E-state index contributed by atoms with van der Waals surface area (Å²) in [6.07, 6.45) is 2.42. The van der Waals surface area contributed by atoms with Gasteiger partial charge in [0.05, 0.1) is 18.3 Å². The molecule has 0 aliphatic carbocycles. The van der Waals surface area contributed by atoms with Crippen molar-refractivity contribution >= 4 is 17.4 Å². The van der Waals surface area contributed by atoms with E-state index in [4.69, 9.17) is 4.74 Å². The van der Waals surface area contributed by atoms with Gasteiger partial charge in [-0.15, -0.1) is 0 Å². The Kier molecular flexibility index (Phi) is 7.36. The monoisotopic (exact) mass is 396 g/mol. The third kappa shape index (κ3) is 5.64. The Morgan fingerprint density at radius 2 is 1.79 bits per heavy atom. The van der Waals surface area contributed by atoms with Crippen molar-refractivity contribution in [2.75, 3.05) is 50.6 Å². The van der Waals surface area contributed by atoms with E-state index in [9.17, 15) is 4.79 Å². The van der Waals surface area contributed by atoms with Crippen molar-refractivity contribution in [2.45, 2.75) is 25.8 Å². The second-order valence-electron chi connectivity index (χ2n) is 7.51. The first-order valence-corrected chi connectivity index (χ1v) is 10.4. The molecule has 2 aromatic carbocycles. The molecule has 0 unspecified atom stereocenters. The van der Waals surface area contributed by atoms with Gasteiger partial charge in [-0.25, -0.2) is 4.79 Å². The first kappa shape index (κ1) is 21.0. The molecular formula is C23H32N4O2. The number of ether oxygens (including phenoxy) is 1. The predicted molar refractivity (Wildman–Crippen MR) is 119 cm³/mol. The lowest BCUT2D eigenvalue weighted by Crippen LogP contribution is -2.38. The number of likely N-dealkylation sites (tertiary alicyclic amines) is 1. The third-order valence-corrected chi connectivity index (χ3v) is 5.27. The van der Waals surface area contributed by atoms with Gasteiger partial charge in [-0.2, -0.15) is 0 Å². The highest BCUT2D eigenvalue weighted by molar-refractivity contribution is 5.90. The van der Waals surface area contributed by atoms with Crippen LogP contribution in [-0.2, 0) is 0 Å². The van der Waals surface area contributed by atoms with E-state index in [-0.39, 0.29) is 12.1 Å². The molecule has 0 radical (unpaired) electrons. The SMILES string of the molecule is CCOc1ccccc1NC(=O)NC[C@H](c1ccc(N(C)C)cc1)N1CCCC1. The zero-order chi connectivity index (χ0) is 20.6. The molecule has 3 rings (SSSR count). The number of para-hydroxylation sites is 2. The van der Waals surface area contributed by atoms with Crippen LogP contribution in [0.4, 0.5) is 16.2 Å². The Hall–Kier alpha value is -2.73. The summed E-state index contributed by atoms with van der Waals surface area (Å²) in [7, 11) is 4.08. The topological polar surface area (TPSA) is 56.8 Å². The van der Waals surface area contributed by atoms with Crippen molar-refractivity contribution in [1.29, 1.82) is 0 Å². The standard InChI is InChI=1S/C23H32N4O2/c1-4-29-22-10-6-5-9-20(22)25-23(28)24-17-21(27-15-7-8-16-27)18-11-13-19(14-12-18)26(2)3/h5-6,9-14,21H,4,7-8,15-17H2,1-3H3,(H2,24,25,28)/t21-/m1/s1. The zero-order valence-corrected chi connectivity index (χ0v) is 17.6. The van der Waals surface area contributed by atoms with Crippen LogP contribution in [0.2, 0.25) is 0 Å². The Labute approximate surface area is 173 Å². The summed E-state index contributed by atoms with van der Waals surface area (Å²) in [5.41, 5.74) is 3.08. The number of hydrogen-bond donors (Lipinski definition) is 2. The number of anilines is 2. The molecule has 29 heavy (non-hydrogen) atoms. The normalized spacial score (nSPS) is 15.0. The van der Waals surface area contributed by atoms with Crippen LogP contribution in [0.1, 0.15) is 31.4 Å². The van der Waals surface area contributed by atoms with Crippen LogP contribution < -0.4 is 20.3 Å². The van der Waals surface area contributed by atoms with Crippen LogP contribution >= 0.6 is 0 Å². The number of rotatable bonds is 8. The summed E-state index contributed by atoms with van der Waals surface area (Å²) in [4.78, 5) is 17.1. The van der Waals surface area contributed by atoms with Gasteiger partial charge in [-0.1, -0.05) is 24.3 Å². The van der Waals surface area contributed by atoms with Crippen LogP contribution in [0.25, 0.3) is 0 Å². The fourth-order valence-electron chi connectivity index (χ4n) is 3.71. The largest absolute Gasteiger partial charge is 0.492 e. The molecular weight excluding hydrogens is 364 g/mol. The molecule has 6 heteroatoms. The molecule has 0 spiro atoms. The fourth-order valence-corrected chi connectivity index (χ4v) is 3.71. The average Bonchev–Trinajstić information content (AvgIpc) is 3.25. The third-order valence-electron chi connectivity index (χ3n) is 5.27. The number of nitrogens with zero attached hydrogens (tertiary/aromatic N) is 2. The average molecular weight is 397 g/mol. The van der Waals surface area contributed by atoms with Gasteiger partial charge < -0.3 is 20.3 Å². The van der Waals surface area contributed by atoms with Crippen molar-refractivity contribution in [1.82, 2.24) is 10.2 Å². The minimum absolute atomic E-state index is 0.168. The molecule has 0 aromatic heterocycles. The van der Waals surface area contributed by atoms with Crippen molar-refractivity contribution in [3.63, 3.8) is 0 Å². The number of nitrogens with one attached hydrogen (secondary N) is 2. The molecule has 2 N–H and O–H groups in total. The van der Waals surface area contributed by atoms with E-state index < -0.39 is 0 Å². The number of carbonyl (C=O) groups excluding carboxylic acids is 1. The molecule has 1 aliphatic rings. The van der Waals surface area contributed by atoms with Gasteiger partial charge in [0.1, 0.15) is 5.75 Å². The first-order chi connectivity index (χ1) is 14.1. The van der Waals surface area contributed by atoms with Crippen LogP contribution in [0.3, 0.4) is 0 Å². The van der Waals surface area contributed by atoms with E-state index in [1.165, 1.54) is 24.1 Å². The zero-order valence-electron chi connectivity index (χ0n) is 17.6.